The average Bonchev–Trinajstić information content (AvgIpc) is 3.18. The lowest BCUT2D eigenvalue weighted by atomic mass is 9.95. The summed E-state index contributed by atoms with van der Waals surface area (Å²) < 4.78 is 5.23. The van der Waals surface area contributed by atoms with Gasteiger partial charge in [0.1, 0.15) is 5.75 Å². The summed E-state index contributed by atoms with van der Waals surface area (Å²) in [5.74, 6) is 0.321. The highest BCUT2D eigenvalue weighted by molar-refractivity contribution is 6.10. The molecule has 3 aromatic carbocycles. The number of nitrogens with two attached hydrogens (primary N) is 2. The van der Waals surface area contributed by atoms with E-state index in [2.05, 4.69) is 4.98 Å². The van der Waals surface area contributed by atoms with Gasteiger partial charge in [-0.15, -0.1) is 0 Å². The van der Waals surface area contributed by atoms with Gasteiger partial charge in [-0.25, -0.2) is 0 Å². The monoisotopic (exact) mass is 371 g/mol. The van der Waals surface area contributed by atoms with Crippen molar-refractivity contribution in [3.05, 3.63) is 77.9 Å². The number of aromatic amines is 1. The molecule has 0 radical (unpaired) electrons. The first-order valence-electron chi connectivity index (χ1n) is 9.00. The molecule has 0 aliphatic carbocycles. The Morgan fingerprint density at radius 1 is 1.00 bits per heavy atom. The molecule has 28 heavy (non-hydrogen) atoms. The summed E-state index contributed by atoms with van der Waals surface area (Å²) in [6, 6.07) is 21.5. The summed E-state index contributed by atoms with van der Waals surface area (Å²) in [6.07, 6.45) is 0. The summed E-state index contributed by atoms with van der Waals surface area (Å²) in [6.45, 7) is 0.436. The Labute approximate surface area is 162 Å². The molecule has 0 fully saturated rings. The first kappa shape index (κ1) is 17.8. The molecule has 0 saturated carbocycles. The zero-order valence-electron chi connectivity index (χ0n) is 15.5. The molecule has 0 bridgehead atoms. The second-order valence-electron chi connectivity index (χ2n) is 6.59. The highest BCUT2D eigenvalue weighted by atomic mass is 16.5. The summed E-state index contributed by atoms with van der Waals surface area (Å²) in [5, 5.41) is 0.933. The number of nitrogens with one attached hydrogen (secondary N) is 1. The number of fused-ring (bicyclic) bond motifs is 1. The molecular weight excluding hydrogens is 350 g/mol. The topological polar surface area (TPSA) is 94.1 Å². The number of methoxy groups -OCH3 is 1. The minimum Gasteiger partial charge on any atom is -0.497 e. The lowest BCUT2D eigenvalue weighted by Crippen LogP contribution is -2.11. The van der Waals surface area contributed by atoms with Gasteiger partial charge in [0.25, 0.3) is 5.91 Å². The van der Waals surface area contributed by atoms with Gasteiger partial charge in [-0.2, -0.15) is 0 Å². The molecule has 0 saturated heterocycles. The number of hydrogen-bond donors (Lipinski definition) is 3. The van der Waals surface area contributed by atoms with E-state index in [-0.39, 0.29) is 0 Å². The van der Waals surface area contributed by atoms with E-state index >= 15 is 0 Å². The van der Waals surface area contributed by atoms with Crippen LogP contribution in [0.4, 0.5) is 0 Å². The Morgan fingerprint density at radius 2 is 1.75 bits per heavy atom. The van der Waals surface area contributed by atoms with Crippen LogP contribution in [-0.2, 0) is 6.54 Å². The number of benzene rings is 3. The van der Waals surface area contributed by atoms with Gasteiger partial charge >= 0.3 is 0 Å². The summed E-state index contributed by atoms with van der Waals surface area (Å²) >= 11 is 0. The number of carbonyl (C=O) groups is 1. The Morgan fingerprint density at radius 3 is 2.43 bits per heavy atom. The van der Waals surface area contributed by atoms with Crippen LogP contribution in [-0.4, -0.2) is 18.0 Å². The second kappa shape index (κ2) is 7.21. The quantitative estimate of drug-likeness (QED) is 0.494. The molecule has 0 unspecified atom stereocenters. The number of ether oxygens (including phenoxy) is 1. The van der Waals surface area contributed by atoms with Crippen LogP contribution in [0.3, 0.4) is 0 Å². The van der Waals surface area contributed by atoms with Crippen molar-refractivity contribution in [2.45, 2.75) is 6.54 Å². The maximum absolute atomic E-state index is 12.0. The maximum atomic E-state index is 12.0. The molecule has 0 aliphatic rings. The van der Waals surface area contributed by atoms with E-state index in [0.29, 0.717) is 12.1 Å². The maximum Gasteiger partial charge on any atom is 0.250 e. The largest absolute Gasteiger partial charge is 0.497 e. The minimum atomic E-state index is -0.466. The third kappa shape index (κ3) is 3.02. The van der Waals surface area contributed by atoms with Crippen LogP contribution in [0.2, 0.25) is 0 Å². The smallest absolute Gasteiger partial charge is 0.250 e. The van der Waals surface area contributed by atoms with Crippen molar-refractivity contribution in [2.24, 2.45) is 11.5 Å². The summed E-state index contributed by atoms with van der Waals surface area (Å²) in [5.41, 5.74) is 17.7. The van der Waals surface area contributed by atoms with Gasteiger partial charge in [0.2, 0.25) is 0 Å². The predicted octanol–water partition coefficient (Wildman–Crippen LogP) is 4.07. The number of primary amides is 1. The Balaban J connectivity index is 1.96. The number of aromatic nitrogens is 1. The molecule has 5 heteroatoms. The first-order chi connectivity index (χ1) is 13.6. The van der Waals surface area contributed by atoms with Crippen LogP contribution in [0.15, 0.2) is 66.7 Å². The second-order valence-corrected chi connectivity index (χ2v) is 6.59. The molecule has 0 spiro atoms. The van der Waals surface area contributed by atoms with Crippen LogP contribution in [0, 0.1) is 0 Å². The van der Waals surface area contributed by atoms with Crippen molar-refractivity contribution in [3.8, 4) is 28.1 Å². The van der Waals surface area contributed by atoms with Gasteiger partial charge < -0.3 is 21.2 Å². The zero-order valence-corrected chi connectivity index (χ0v) is 15.5. The number of rotatable bonds is 5. The number of H-pyrrole nitrogens is 1. The van der Waals surface area contributed by atoms with Crippen LogP contribution < -0.4 is 16.2 Å². The normalized spacial score (nSPS) is 10.9. The van der Waals surface area contributed by atoms with E-state index in [4.69, 9.17) is 16.2 Å². The van der Waals surface area contributed by atoms with E-state index < -0.39 is 5.91 Å². The third-order valence-corrected chi connectivity index (χ3v) is 4.99. The van der Waals surface area contributed by atoms with Gasteiger partial charge in [0.15, 0.2) is 0 Å². The fraction of sp³-hybridized carbons (Fsp3) is 0.0870. The fourth-order valence-corrected chi connectivity index (χ4v) is 3.55. The average molecular weight is 371 g/mol. The van der Waals surface area contributed by atoms with Gasteiger partial charge in [0.05, 0.1) is 18.2 Å². The third-order valence-electron chi connectivity index (χ3n) is 4.99. The summed E-state index contributed by atoms with van der Waals surface area (Å²) in [4.78, 5) is 15.4. The Bertz CT molecular complexity index is 1160. The Hall–Kier alpha value is -3.57. The molecule has 4 rings (SSSR count). The first-order valence-corrected chi connectivity index (χ1v) is 9.00. The molecule has 1 aromatic heterocycles. The van der Waals surface area contributed by atoms with Crippen molar-refractivity contribution in [1.29, 1.82) is 0 Å². The van der Waals surface area contributed by atoms with E-state index in [1.165, 1.54) is 0 Å². The van der Waals surface area contributed by atoms with Gasteiger partial charge in [-0.3, -0.25) is 4.79 Å². The van der Waals surface area contributed by atoms with E-state index in [9.17, 15) is 4.79 Å². The lowest BCUT2D eigenvalue weighted by Gasteiger charge is -2.10. The summed E-state index contributed by atoms with van der Waals surface area (Å²) in [7, 11) is 1.64. The number of carbonyl (C=O) groups excluding carboxylic acids is 1. The molecule has 1 amide bonds. The number of amides is 1. The van der Waals surface area contributed by atoms with Crippen LogP contribution >= 0.6 is 0 Å². The molecule has 5 nitrogen and oxygen atoms in total. The SMILES string of the molecule is COc1ccc(-c2cc3c(-c4ccccc4CN)ccc(C(N)=O)c3[nH]2)cc1. The van der Waals surface area contributed by atoms with Gasteiger partial charge in [-0.1, -0.05) is 30.3 Å². The van der Waals surface area contributed by atoms with E-state index in [1.807, 2.05) is 60.7 Å². The van der Waals surface area contributed by atoms with Crippen molar-refractivity contribution >= 4 is 16.8 Å². The van der Waals surface area contributed by atoms with Crippen molar-refractivity contribution < 1.29 is 9.53 Å². The standard InChI is InChI=1S/C23H21N3O2/c1-28-16-8-6-14(7-9-16)21-12-20-18(17-5-3-2-4-15(17)13-24)10-11-19(23(25)27)22(20)26-21/h2-12,26H,13,24H2,1H3,(H2,25,27). The number of hydrogen-bond acceptors (Lipinski definition) is 3. The van der Waals surface area contributed by atoms with Gasteiger partial charge in [0, 0.05) is 17.6 Å². The van der Waals surface area contributed by atoms with Crippen LogP contribution in [0.1, 0.15) is 15.9 Å². The Kier molecular flexibility index (Phi) is 4.59. The molecule has 4 aromatic rings. The molecule has 140 valence electrons. The van der Waals surface area contributed by atoms with E-state index in [1.54, 1.807) is 13.2 Å². The van der Waals surface area contributed by atoms with Crippen LogP contribution in [0.25, 0.3) is 33.3 Å². The van der Waals surface area contributed by atoms with Crippen molar-refractivity contribution in [3.63, 3.8) is 0 Å². The molecule has 0 atom stereocenters. The molecule has 1 heterocycles. The lowest BCUT2D eigenvalue weighted by molar-refractivity contribution is 0.100. The van der Waals surface area contributed by atoms with Crippen LogP contribution in [0.5, 0.6) is 5.75 Å². The van der Waals surface area contributed by atoms with Crippen molar-refractivity contribution in [1.82, 2.24) is 4.98 Å². The highest BCUT2D eigenvalue weighted by Gasteiger charge is 2.16. The zero-order chi connectivity index (χ0) is 19.7. The van der Waals surface area contributed by atoms with Crippen molar-refractivity contribution in [2.75, 3.05) is 7.11 Å². The van der Waals surface area contributed by atoms with Gasteiger partial charge in [-0.05, 0) is 58.7 Å². The molecule has 5 N–H and O–H groups in total. The fourth-order valence-electron chi connectivity index (χ4n) is 3.55. The minimum absolute atomic E-state index is 0.436. The van der Waals surface area contributed by atoms with E-state index in [0.717, 1.165) is 44.6 Å². The molecule has 0 aliphatic heterocycles. The highest BCUT2D eigenvalue weighted by Crippen LogP contribution is 2.36. The predicted molar refractivity (Wildman–Crippen MR) is 112 cm³/mol. The molecular formula is C23H21N3O2.